The van der Waals surface area contributed by atoms with Gasteiger partial charge in [-0.2, -0.15) is 5.26 Å². The van der Waals surface area contributed by atoms with Gasteiger partial charge in [0.25, 0.3) is 0 Å². The van der Waals surface area contributed by atoms with Gasteiger partial charge in [0.1, 0.15) is 0 Å². The molecule has 0 radical (unpaired) electrons. The zero-order chi connectivity index (χ0) is 18.1. The predicted molar refractivity (Wildman–Crippen MR) is 100 cm³/mol. The lowest BCUT2D eigenvalue weighted by Gasteiger charge is -2.34. The van der Waals surface area contributed by atoms with Gasteiger partial charge in [0.2, 0.25) is 0 Å². The van der Waals surface area contributed by atoms with Crippen LogP contribution >= 0.6 is 0 Å². The second kappa shape index (κ2) is 6.45. The molecule has 1 aliphatic rings. The highest BCUT2D eigenvalue weighted by Gasteiger charge is 2.42. The number of esters is 1. The number of carbonyl (C=O) groups excluding carboxylic acids is 1. The van der Waals surface area contributed by atoms with Gasteiger partial charge < -0.3 is 4.74 Å². The van der Waals surface area contributed by atoms with E-state index in [1.54, 1.807) is 12.1 Å². The molecule has 0 spiro atoms. The normalized spacial score (nSPS) is 18.5. The second-order valence-corrected chi connectivity index (χ2v) is 6.22. The molecule has 0 bridgehead atoms. The summed E-state index contributed by atoms with van der Waals surface area (Å²) in [7, 11) is 1.39. The van der Waals surface area contributed by atoms with Gasteiger partial charge in [-0.05, 0) is 34.0 Å². The fraction of sp³-hybridized carbons (Fsp3) is 0.136. The van der Waals surface area contributed by atoms with Gasteiger partial charge in [-0.1, -0.05) is 54.6 Å². The summed E-state index contributed by atoms with van der Waals surface area (Å²) in [6.45, 7) is 0. The monoisotopic (exact) mass is 340 g/mol. The Bertz CT molecular complexity index is 1060. The molecule has 2 atom stereocenters. The van der Waals surface area contributed by atoms with E-state index in [0.717, 1.165) is 27.6 Å². The number of hydrogen-bond donors (Lipinski definition) is 0. The van der Waals surface area contributed by atoms with Crippen LogP contribution in [0.15, 0.2) is 71.7 Å². The van der Waals surface area contributed by atoms with E-state index >= 15 is 0 Å². The summed E-state index contributed by atoms with van der Waals surface area (Å²) in [6.07, 6.45) is 0. The van der Waals surface area contributed by atoms with E-state index in [2.05, 4.69) is 29.3 Å². The van der Waals surface area contributed by atoms with Crippen LogP contribution in [0.25, 0.3) is 10.8 Å². The molecule has 0 aliphatic carbocycles. The summed E-state index contributed by atoms with van der Waals surface area (Å²) < 4.78 is 4.95. The van der Waals surface area contributed by atoms with Crippen molar-refractivity contribution in [1.29, 1.82) is 5.26 Å². The fourth-order valence-electron chi connectivity index (χ4n) is 3.49. The Hall–Kier alpha value is -3.45. The second-order valence-electron chi connectivity index (χ2n) is 6.22. The molecule has 126 valence electrons. The van der Waals surface area contributed by atoms with Crippen LogP contribution in [-0.2, 0) is 9.53 Å². The van der Waals surface area contributed by atoms with Crippen LogP contribution in [0.4, 0.5) is 0 Å². The maximum atomic E-state index is 12.2. The molecule has 0 amide bonds. The maximum absolute atomic E-state index is 12.2. The molecule has 4 rings (SSSR count). The van der Waals surface area contributed by atoms with Crippen LogP contribution in [0.3, 0.4) is 0 Å². The first-order valence-electron chi connectivity index (χ1n) is 8.36. The van der Waals surface area contributed by atoms with Gasteiger partial charge in [0, 0.05) is 0 Å². The average molecular weight is 340 g/mol. The molecule has 0 aromatic heterocycles. The number of rotatable bonds is 3. The molecule has 26 heavy (non-hydrogen) atoms. The molecule has 0 saturated carbocycles. The Morgan fingerprint density at radius 3 is 2.50 bits per heavy atom. The number of aliphatic imine (C=N–C) groups is 1. The summed E-state index contributed by atoms with van der Waals surface area (Å²) >= 11 is 0. The Morgan fingerprint density at radius 2 is 1.77 bits per heavy atom. The van der Waals surface area contributed by atoms with E-state index in [4.69, 9.17) is 10.00 Å². The molecule has 0 N–H and O–H groups in total. The largest absolute Gasteiger partial charge is 0.467 e. The molecule has 4 heteroatoms. The zero-order valence-corrected chi connectivity index (χ0v) is 14.2. The van der Waals surface area contributed by atoms with Gasteiger partial charge in [0.15, 0.2) is 6.04 Å². The molecular weight excluding hydrogens is 324 g/mol. The Labute approximate surface area is 151 Å². The number of hydrogen-bond acceptors (Lipinski definition) is 4. The van der Waals surface area contributed by atoms with Crippen molar-refractivity contribution in [3.05, 3.63) is 83.4 Å². The Balaban J connectivity index is 1.83. The van der Waals surface area contributed by atoms with E-state index in [-0.39, 0.29) is 11.9 Å². The molecule has 1 aliphatic heterocycles. The first-order valence-corrected chi connectivity index (χ1v) is 8.36. The zero-order valence-electron chi connectivity index (χ0n) is 14.2. The number of fused-ring (bicyclic) bond motifs is 1. The summed E-state index contributed by atoms with van der Waals surface area (Å²) in [5.41, 5.74) is 3.43. The van der Waals surface area contributed by atoms with Crippen molar-refractivity contribution in [3.63, 3.8) is 0 Å². The van der Waals surface area contributed by atoms with Gasteiger partial charge in [0.05, 0.1) is 30.4 Å². The van der Waals surface area contributed by atoms with E-state index < -0.39 is 6.04 Å². The van der Waals surface area contributed by atoms with Crippen LogP contribution < -0.4 is 0 Å². The highest BCUT2D eigenvalue weighted by atomic mass is 16.5. The molecule has 3 aromatic rings. The lowest BCUT2D eigenvalue weighted by Crippen LogP contribution is -2.42. The quantitative estimate of drug-likeness (QED) is 0.681. The van der Waals surface area contributed by atoms with Gasteiger partial charge in [-0.3, -0.25) is 4.99 Å². The third kappa shape index (κ3) is 2.55. The molecule has 4 nitrogen and oxygen atoms in total. The van der Waals surface area contributed by atoms with Crippen molar-refractivity contribution in [2.24, 2.45) is 4.99 Å². The minimum atomic E-state index is -0.545. The molecule has 0 unspecified atom stereocenters. The smallest absolute Gasteiger partial charge is 0.331 e. The highest BCUT2D eigenvalue weighted by molar-refractivity contribution is 6.14. The predicted octanol–water partition coefficient (Wildman–Crippen LogP) is 3.84. The van der Waals surface area contributed by atoms with Crippen molar-refractivity contribution < 1.29 is 9.53 Å². The standard InChI is InChI=1S/C22H16N2O2/c1-26-22(25)21-19(18-8-4-6-15-5-2-3-7-17(15)18)20(24-21)16-11-9-14(13-23)10-12-16/h2-12,19,21H,1H3/t19-,21+/m0/s1. The SMILES string of the molecule is COC(=O)[C@@H]1N=C(c2ccc(C#N)cc2)[C@@H]1c1cccc2ccccc12. The minimum Gasteiger partial charge on any atom is -0.467 e. The minimum absolute atomic E-state index is 0.165. The highest BCUT2D eigenvalue weighted by Crippen LogP contribution is 2.39. The van der Waals surface area contributed by atoms with E-state index in [9.17, 15) is 4.79 Å². The Kier molecular flexibility index (Phi) is 3.98. The lowest BCUT2D eigenvalue weighted by molar-refractivity contribution is -0.142. The van der Waals surface area contributed by atoms with Gasteiger partial charge in [-0.25, -0.2) is 4.79 Å². The van der Waals surface area contributed by atoms with E-state index in [0.29, 0.717) is 5.56 Å². The van der Waals surface area contributed by atoms with Crippen LogP contribution in [0, 0.1) is 11.3 Å². The van der Waals surface area contributed by atoms with Crippen molar-refractivity contribution in [1.82, 2.24) is 0 Å². The van der Waals surface area contributed by atoms with Crippen molar-refractivity contribution in [2.45, 2.75) is 12.0 Å². The van der Waals surface area contributed by atoms with Crippen LogP contribution in [0.5, 0.6) is 0 Å². The number of benzene rings is 3. The summed E-state index contributed by atoms with van der Waals surface area (Å²) in [4.78, 5) is 16.8. The van der Waals surface area contributed by atoms with Crippen LogP contribution in [0.2, 0.25) is 0 Å². The summed E-state index contributed by atoms with van der Waals surface area (Å²) in [5, 5.41) is 11.2. The third-order valence-electron chi connectivity index (χ3n) is 4.80. The molecule has 0 fully saturated rings. The van der Waals surface area contributed by atoms with E-state index in [1.165, 1.54) is 7.11 Å². The van der Waals surface area contributed by atoms with Gasteiger partial charge in [-0.15, -0.1) is 0 Å². The Morgan fingerprint density at radius 1 is 1.04 bits per heavy atom. The number of methoxy groups -OCH3 is 1. The topological polar surface area (TPSA) is 62.4 Å². The summed E-state index contributed by atoms with van der Waals surface area (Å²) in [6, 6.07) is 23.1. The molecular formula is C22H16N2O2. The van der Waals surface area contributed by atoms with Crippen molar-refractivity contribution in [2.75, 3.05) is 7.11 Å². The van der Waals surface area contributed by atoms with Crippen LogP contribution in [0.1, 0.15) is 22.6 Å². The van der Waals surface area contributed by atoms with Crippen molar-refractivity contribution in [3.8, 4) is 6.07 Å². The molecule has 1 heterocycles. The molecule has 0 saturated heterocycles. The number of carbonyl (C=O) groups is 1. The summed E-state index contributed by atoms with van der Waals surface area (Å²) in [5.74, 6) is -0.498. The number of nitrogens with zero attached hydrogens (tertiary/aromatic N) is 2. The average Bonchev–Trinajstić information content (AvgIpc) is 2.68. The fourth-order valence-corrected chi connectivity index (χ4v) is 3.49. The van der Waals surface area contributed by atoms with Crippen LogP contribution in [-0.4, -0.2) is 24.8 Å². The van der Waals surface area contributed by atoms with E-state index in [1.807, 2.05) is 36.4 Å². The third-order valence-corrected chi connectivity index (χ3v) is 4.80. The maximum Gasteiger partial charge on any atom is 0.331 e. The van der Waals surface area contributed by atoms with Gasteiger partial charge >= 0.3 is 5.97 Å². The number of ether oxygens (including phenoxy) is 1. The molecule has 3 aromatic carbocycles. The first kappa shape index (κ1) is 16.0. The number of nitriles is 1. The lowest BCUT2D eigenvalue weighted by atomic mass is 9.77. The first-order chi connectivity index (χ1) is 12.7. The van der Waals surface area contributed by atoms with Crippen molar-refractivity contribution >= 4 is 22.5 Å².